The summed E-state index contributed by atoms with van der Waals surface area (Å²) in [5.74, 6) is -0.640. The number of hydrogen-bond donors (Lipinski definition) is 2. The van der Waals surface area contributed by atoms with Crippen LogP contribution in [0.15, 0.2) is 71.3 Å². The lowest BCUT2D eigenvalue weighted by Crippen LogP contribution is -2.28. The average molecular weight is 461 g/mol. The molecule has 0 radical (unpaired) electrons. The molecule has 0 saturated carbocycles. The van der Waals surface area contributed by atoms with Crippen LogP contribution in [0.2, 0.25) is 5.15 Å². The molecule has 8 heteroatoms. The maximum Gasteiger partial charge on any atom is 0.256 e. The number of nitrogens with two attached hydrogens (primary N) is 1. The minimum absolute atomic E-state index is 0.0748. The molecule has 0 aliphatic carbocycles. The van der Waals surface area contributed by atoms with Crippen LogP contribution in [-0.2, 0) is 9.53 Å². The van der Waals surface area contributed by atoms with Gasteiger partial charge in [-0.25, -0.2) is 4.98 Å². The molecular formula is C25H21ClN4O3. The zero-order valence-corrected chi connectivity index (χ0v) is 19.0. The minimum Gasteiger partial charge on any atom is -0.495 e. The molecule has 166 valence electrons. The molecule has 1 atom stereocenters. The average Bonchev–Trinajstić information content (AvgIpc) is 2.78. The van der Waals surface area contributed by atoms with Crippen LogP contribution in [-0.4, -0.2) is 18.0 Å². The Balaban J connectivity index is 1.87. The molecule has 4 rings (SSSR count). The van der Waals surface area contributed by atoms with Gasteiger partial charge in [-0.15, -0.1) is 0 Å². The summed E-state index contributed by atoms with van der Waals surface area (Å²) in [6.07, 6.45) is 0. The summed E-state index contributed by atoms with van der Waals surface area (Å²) in [4.78, 5) is 18.0. The number of hydrogen-bond acceptors (Lipinski definition) is 6. The first kappa shape index (κ1) is 22.2. The van der Waals surface area contributed by atoms with Crippen molar-refractivity contribution in [3.8, 4) is 11.8 Å². The Hall–Kier alpha value is -4.02. The Bertz CT molecular complexity index is 1390. The number of aromatic nitrogens is 1. The van der Waals surface area contributed by atoms with E-state index in [2.05, 4.69) is 16.4 Å². The third-order valence-corrected chi connectivity index (χ3v) is 5.77. The molecule has 3 N–H and O–H groups in total. The van der Waals surface area contributed by atoms with E-state index in [1.54, 1.807) is 31.2 Å². The van der Waals surface area contributed by atoms with E-state index in [0.29, 0.717) is 22.5 Å². The first-order chi connectivity index (χ1) is 15.8. The van der Waals surface area contributed by atoms with Crippen LogP contribution >= 0.6 is 11.6 Å². The van der Waals surface area contributed by atoms with E-state index in [1.807, 2.05) is 31.2 Å². The van der Waals surface area contributed by atoms with Crippen LogP contribution < -0.4 is 15.8 Å². The fourth-order valence-electron chi connectivity index (χ4n) is 3.92. The van der Waals surface area contributed by atoms with Crippen LogP contribution in [0, 0.1) is 18.3 Å². The van der Waals surface area contributed by atoms with Crippen LogP contribution in [0.3, 0.4) is 0 Å². The summed E-state index contributed by atoms with van der Waals surface area (Å²) in [6, 6.07) is 16.7. The van der Waals surface area contributed by atoms with Crippen LogP contribution in [0.5, 0.6) is 5.75 Å². The molecule has 2 aromatic carbocycles. The van der Waals surface area contributed by atoms with Gasteiger partial charge in [0, 0.05) is 10.9 Å². The largest absolute Gasteiger partial charge is 0.495 e. The highest BCUT2D eigenvalue weighted by molar-refractivity contribution is 6.31. The minimum atomic E-state index is -0.858. The molecular weight excluding hydrogens is 440 g/mol. The summed E-state index contributed by atoms with van der Waals surface area (Å²) < 4.78 is 10.9. The quantitative estimate of drug-likeness (QED) is 0.534. The summed E-state index contributed by atoms with van der Waals surface area (Å²) >= 11 is 6.57. The van der Waals surface area contributed by atoms with Gasteiger partial charge in [-0.2, -0.15) is 5.26 Å². The number of ether oxygens (including phenoxy) is 2. The number of amides is 1. The smallest absolute Gasteiger partial charge is 0.256 e. The van der Waals surface area contributed by atoms with Gasteiger partial charge in [0.15, 0.2) is 0 Å². The standard InChI is InChI=1S/C25H21ClN4O3/c1-13-8-9-18-15(10-13)11-16(23(26)29-18)22-17(12-27)24(28)33-14(2)21(22)25(31)30-19-6-4-5-7-20(19)32-3/h4-11,22H,28H2,1-3H3,(H,30,31)/t22-/m0/s1. The molecule has 3 aromatic rings. The van der Waals surface area contributed by atoms with Crippen molar-refractivity contribution >= 4 is 34.1 Å². The van der Waals surface area contributed by atoms with E-state index >= 15 is 0 Å². The monoisotopic (exact) mass is 460 g/mol. The number of carbonyl (C=O) groups is 1. The lowest BCUT2D eigenvalue weighted by molar-refractivity contribution is -0.113. The van der Waals surface area contributed by atoms with Crippen molar-refractivity contribution < 1.29 is 14.3 Å². The number of pyridine rings is 1. The SMILES string of the molecule is COc1ccccc1NC(=O)C1=C(C)OC(N)=C(C#N)[C@@H]1c1cc2cc(C)ccc2nc1Cl. The zero-order valence-electron chi connectivity index (χ0n) is 18.3. The number of methoxy groups -OCH3 is 1. The molecule has 0 fully saturated rings. The third-order valence-electron chi connectivity index (χ3n) is 5.47. The number of halogens is 1. The van der Waals surface area contributed by atoms with Gasteiger partial charge in [-0.05, 0) is 44.2 Å². The van der Waals surface area contributed by atoms with Crippen molar-refractivity contribution in [2.45, 2.75) is 19.8 Å². The summed E-state index contributed by atoms with van der Waals surface area (Å²) in [5.41, 5.74) is 9.05. The fraction of sp³-hybridized carbons (Fsp3) is 0.160. The Morgan fingerprint density at radius 2 is 2.00 bits per heavy atom. The van der Waals surface area contributed by atoms with Gasteiger partial charge in [0.25, 0.3) is 5.91 Å². The third kappa shape index (κ3) is 4.09. The lowest BCUT2D eigenvalue weighted by Gasteiger charge is -2.28. The van der Waals surface area contributed by atoms with Crippen molar-refractivity contribution in [2.24, 2.45) is 5.73 Å². The highest BCUT2D eigenvalue weighted by Gasteiger charge is 2.37. The Morgan fingerprint density at radius 1 is 1.24 bits per heavy atom. The van der Waals surface area contributed by atoms with E-state index in [4.69, 9.17) is 26.8 Å². The number of aryl methyl sites for hydroxylation is 1. The van der Waals surface area contributed by atoms with Gasteiger partial charge < -0.3 is 20.5 Å². The summed E-state index contributed by atoms with van der Waals surface area (Å²) in [7, 11) is 1.52. The van der Waals surface area contributed by atoms with Gasteiger partial charge in [0.1, 0.15) is 28.3 Å². The predicted molar refractivity (Wildman–Crippen MR) is 126 cm³/mol. The van der Waals surface area contributed by atoms with Crippen molar-refractivity contribution in [3.05, 3.63) is 87.6 Å². The highest BCUT2D eigenvalue weighted by atomic mass is 35.5. The summed E-state index contributed by atoms with van der Waals surface area (Å²) in [5, 5.41) is 13.7. The number of nitriles is 1. The maximum atomic E-state index is 13.5. The van der Waals surface area contributed by atoms with E-state index < -0.39 is 11.8 Å². The molecule has 1 aromatic heterocycles. The van der Waals surface area contributed by atoms with Gasteiger partial charge in [0.05, 0.1) is 29.8 Å². The number of fused-ring (bicyclic) bond motifs is 1. The molecule has 0 spiro atoms. The molecule has 1 amide bonds. The molecule has 2 heterocycles. The van der Waals surface area contributed by atoms with Crippen LogP contribution in [0.1, 0.15) is 24.0 Å². The lowest BCUT2D eigenvalue weighted by atomic mass is 9.82. The molecule has 33 heavy (non-hydrogen) atoms. The van der Waals surface area contributed by atoms with Gasteiger partial charge >= 0.3 is 0 Å². The fourth-order valence-corrected chi connectivity index (χ4v) is 4.17. The van der Waals surface area contributed by atoms with Crippen molar-refractivity contribution in [3.63, 3.8) is 0 Å². The van der Waals surface area contributed by atoms with Gasteiger partial charge in [-0.1, -0.05) is 35.4 Å². The van der Waals surface area contributed by atoms with E-state index in [1.165, 1.54) is 7.11 Å². The normalized spacial score (nSPS) is 15.8. The second kappa shape index (κ2) is 8.85. The second-order valence-electron chi connectivity index (χ2n) is 7.61. The zero-order chi connectivity index (χ0) is 23.7. The van der Waals surface area contributed by atoms with Gasteiger partial charge in [-0.3, -0.25) is 4.79 Å². The number of rotatable bonds is 4. The number of para-hydroxylation sites is 2. The van der Waals surface area contributed by atoms with Gasteiger partial charge in [0.2, 0.25) is 5.88 Å². The van der Waals surface area contributed by atoms with Crippen LogP contribution in [0.4, 0.5) is 5.69 Å². The number of nitrogens with one attached hydrogen (secondary N) is 1. The Kier molecular flexibility index (Phi) is 5.95. The van der Waals surface area contributed by atoms with E-state index in [0.717, 1.165) is 10.9 Å². The van der Waals surface area contributed by atoms with E-state index in [-0.39, 0.29) is 27.9 Å². The van der Waals surface area contributed by atoms with Crippen LogP contribution in [0.25, 0.3) is 10.9 Å². The second-order valence-corrected chi connectivity index (χ2v) is 7.97. The number of carbonyl (C=O) groups excluding carboxylic acids is 1. The number of allylic oxidation sites excluding steroid dienone is 2. The first-order valence-electron chi connectivity index (χ1n) is 10.1. The summed E-state index contributed by atoms with van der Waals surface area (Å²) in [6.45, 7) is 3.59. The molecule has 0 saturated heterocycles. The Labute approximate surface area is 196 Å². The van der Waals surface area contributed by atoms with E-state index in [9.17, 15) is 10.1 Å². The number of nitrogens with zero attached hydrogens (tertiary/aromatic N) is 2. The molecule has 7 nitrogen and oxygen atoms in total. The van der Waals surface area contributed by atoms with Crippen molar-refractivity contribution in [1.82, 2.24) is 4.98 Å². The first-order valence-corrected chi connectivity index (χ1v) is 10.5. The van der Waals surface area contributed by atoms with Crippen molar-refractivity contribution in [1.29, 1.82) is 5.26 Å². The molecule has 0 unspecified atom stereocenters. The predicted octanol–water partition coefficient (Wildman–Crippen LogP) is 4.93. The van der Waals surface area contributed by atoms with Crippen molar-refractivity contribution in [2.75, 3.05) is 12.4 Å². The maximum absolute atomic E-state index is 13.5. The highest BCUT2D eigenvalue weighted by Crippen LogP contribution is 2.42. The number of benzene rings is 2. The number of anilines is 1. The Morgan fingerprint density at radius 3 is 2.73 bits per heavy atom. The topological polar surface area (TPSA) is 110 Å². The molecule has 0 bridgehead atoms. The molecule has 1 aliphatic rings. The molecule has 1 aliphatic heterocycles.